The summed E-state index contributed by atoms with van der Waals surface area (Å²) in [4.78, 5) is 14.2. The molecule has 116 valence electrons. The standard InChI is InChI=1S/C14H14ClN3O4/c15-12-4-1-2-5-13(12)22-9-3-7-16-14-10-11(18(20)21)6-8-17(14)19/h1-2,4-6,8,10,19H,3,7,9H2. The van der Waals surface area contributed by atoms with Gasteiger partial charge in [-0.25, -0.2) is 0 Å². The molecule has 0 amide bonds. The molecule has 0 saturated heterocycles. The van der Waals surface area contributed by atoms with Crippen molar-refractivity contribution in [3.8, 4) is 5.75 Å². The molecule has 8 heteroatoms. The molecule has 2 rings (SSSR count). The van der Waals surface area contributed by atoms with Crippen molar-refractivity contribution in [2.45, 2.75) is 6.42 Å². The Labute approximate surface area is 131 Å². The molecule has 0 unspecified atom stereocenters. The molecule has 0 aliphatic rings. The second-order valence-corrected chi connectivity index (χ2v) is 4.77. The van der Waals surface area contributed by atoms with Crippen LogP contribution in [0.4, 0.5) is 5.69 Å². The Bertz CT molecular complexity index is 730. The van der Waals surface area contributed by atoms with Gasteiger partial charge in [0.1, 0.15) is 5.75 Å². The summed E-state index contributed by atoms with van der Waals surface area (Å²) in [5.74, 6) is 0.594. The smallest absolute Gasteiger partial charge is 0.274 e. The molecule has 0 radical (unpaired) electrons. The third kappa shape index (κ3) is 4.23. The van der Waals surface area contributed by atoms with Crippen molar-refractivity contribution < 1.29 is 14.9 Å². The molecule has 2 aromatic rings. The second kappa shape index (κ2) is 7.46. The van der Waals surface area contributed by atoms with E-state index in [2.05, 4.69) is 4.99 Å². The predicted molar refractivity (Wildman–Crippen MR) is 80.3 cm³/mol. The molecule has 7 nitrogen and oxygen atoms in total. The van der Waals surface area contributed by atoms with Gasteiger partial charge in [-0.3, -0.25) is 15.1 Å². The van der Waals surface area contributed by atoms with E-state index in [0.29, 0.717) is 30.3 Å². The number of rotatable bonds is 6. The average Bonchev–Trinajstić information content (AvgIpc) is 2.50. The molecule has 0 fully saturated rings. The van der Waals surface area contributed by atoms with Crippen molar-refractivity contribution in [2.24, 2.45) is 4.99 Å². The first-order valence-corrected chi connectivity index (χ1v) is 6.90. The molecule has 0 bridgehead atoms. The van der Waals surface area contributed by atoms with Crippen molar-refractivity contribution in [1.29, 1.82) is 0 Å². The lowest BCUT2D eigenvalue weighted by Crippen LogP contribution is -2.19. The van der Waals surface area contributed by atoms with Gasteiger partial charge in [-0.15, -0.1) is 0 Å². The normalized spacial score (nSPS) is 11.4. The summed E-state index contributed by atoms with van der Waals surface area (Å²) < 4.78 is 6.24. The van der Waals surface area contributed by atoms with E-state index < -0.39 is 4.92 Å². The van der Waals surface area contributed by atoms with Crippen LogP contribution in [-0.2, 0) is 0 Å². The first kappa shape index (κ1) is 15.8. The van der Waals surface area contributed by atoms with E-state index in [4.69, 9.17) is 16.3 Å². The van der Waals surface area contributed by atoms with Crippen molar-refractivity contribution in [1.82, 2.24) is 4.73 Å². The van der Waals surface area contributed by atoms with Crippen molar-refractivity contribution in [3.05, 3.63) is 63.2 Å². The van der Waals surface area contributed by atoms with E-state index in [0.717, 1.165) is 4.73 Å². The zero-order chi connectivity index (χ0) is 15.9. The van der Waals surface area contributed by atoms with Gasteiger partial charge in [0.15, 0.2) is 5.49 Å². The Balaban J connectivity index is 1.92. The number of benzene rings is 1. The van der Waals surface area contributed by atoms with Crippen LogP contribution in [0.15, 0.2) is 47.6 Å². The van der Waals surface area contributed by atoms with Crippen LogP contribution in [0.1, 0.15) is 6.42 Å². The SMILES string of the molecule is O=[N+]([O-])c1ccn(O)c(=NCCCOc2ccccc2Cl)c1. The topological polar surface area (TPSA) is 89.9 Å². The summed E-state index contributed by atoms with van der Waals surface area (Å²) in [5.41, 5.74) is -0.0108. The molecule has 0 spiro atoms. The maximum absolute atomic E-state index is 10.7. The maximum atomic E-state index is 10.7. The predicted octanol–water partition coefficient (Wildman–Crippen LogP) is 2.66. The van der Waals surface area contributed by atoms with Crippen LogP contribution in [0.25, 0.3) is 0 Å². The molecule has 0 atom stereocenters. The van der Waals surface area contributed by atoms with Crippen LogP contribution < -0.4 is 10.2 Å². The number of nitrogens with zero attached hydrogens (tertiary/aromatic N) is 3. The van der Waals surface area contributed by atoms with E-state index in [1.807, 2.05) is 12.1 Å². The summed E-state index contributed by atoms with van der Waals surface area (Å²) in [6.07, 6.45) is 1.76. The zero-order valence-corrected chi connectivity index (χ0v) is 12.3. The van der Waals surface area contributed by atoms with Crippen LogP contribution in [0.5, 0.6) is 5.75 Å². The van der Waals surface area contributed by atoms with Gasteiger partial charge in [0, 0.05) is 19.0 Å². The minimum atomic E-state index is -0.542. The van der Waals surface area contributed by atoms with E-state index in [-0.39, 0.29) is 11.2 Å². The Morgan fingerprint density at radius 2 is 2.14 bits per heavy atom. The summed E-state index contributed by atoms with van der Waals surface area (Å²) in [5, 5.41) is 20.7. The van der Waals surface area contributed by atoms with Crippen molar-refractivity contribution in [2.75, 3.05) is 13.2 Å². The van der Waals surface area contributed by atoms with Crippen LogP contribution in [0, 0.1) is 10.1 Å². The lowest BCUT2D eigenvalue weighted by Gasteiger charge is -2.06. The fourth-order valence-electron chi connectivity index (χ4n) is 1.70. The second-order valence-electron chi connectivity index (χ2n) is 4.36. The van der Waals surface area contributed by atoms with Gasteiger partial charge in [0.2, 0.25) is 0 Å². The molecule has 0 aliphatic heterocycles. The Kier molecular flexibility index (Phi) is 5.37. The highest BCUT2D eigenvalue weighted by molar-refractivity contribution is 6.32. The molecule has 1 aromatic carbocycles. The number of hydrogen-bond acceptors (Lipinski definition) is 5. The summed E-state index contributed by atoms with van der Waals surface area (Å²) in [7, 11) is 0. The van der Waals surface area contributed by atoms with Crippen LogP contribution in [0.3, 0.4) is 0 Å². The number of halogens is 1. The van der Waals surface area contributed by atoms with Gasteiger partial charge >= 0.3 is 0 Å². The Morgan fingerprint density at radius 3 is 2.86 bits per heavy atom. The highest BCUT2D eigenvalue weighted by Crippen LogP contribution is 2.22. The monoisotopic (exact) mass is 323 g/mol. The maximum Gasteiger partial charge on any atom is 0.274 e. The van der Waals surface area contributed by atoms with Crippen LogP contribution >= 0.6 is 11.6 Å². The Hall–Kier alpha value is -2.54. The molecule has 0 aliphatic carbocycles. The number of nitro groups is 1. The van der Waals surface area contributed by atoms with Crippen molar-refractivity contribution in [3.63, 3.8) is 0 Å². The Morgan fingerprint density at radius 1 is 1.36 bits per heavy atom. The minimum Gasteiger partial charge on any atom is -0.492 e. The fraction of sp³-hybridized carbons (Fsp3) is 0.214. The van der Waals surface area contributed by atoms with Crippen LogP contribution in [-0.4, -0.2) is 28.0 Å². The highest BCUT2D eigenvalue weighted by Gasteiger charge is 2.05. The highest BCUT2D eigenvalue weighted by atomic mass is 35.5. The van der Waals surface area contributed by atoms with Gasteiger partial charge in [-0.2, -0.15) is 4.73 Å². The fourth-order valence-corrected chi connectivity index (χ4v) is 1.89. The number of aromatic nitrogens is 1. The third-order valence-electron chi connectivity index (χ3n) is 2.78. The zero-order valence-electron chi connectivity index (χ0n) is 11.6. The van der Waals surface area contributed by atoms with E-state index >= 15 is 0 Å². The van der Waals surface area contributed by atoms with Gasteiger partial charge in [-0.1, -0.05) is 23.7 Å². The molecular formula is C14H14ClN3O4. The lowest BCUT2D eigenvalue weighted by atomic mass is 10.3. The summed E-state index contributed by atoms with van der Waals surface area (Å²) in [6.45, 7) is 0.750. The van der Waals surface area contributed by atoms with Gasteiger partial charge in [0.25, 0.3) is 5.69 Å². The number of pyridine rings is 1. The number of para-hydroxylation sites is 1. The van der Waals surface area contributed by atoms with E-state index in [9.17, 15) is 15.3 Å². The van der Waals surface area contributed by atoms with E-state index in [1.54, 1.807) is 12.1 Å². The first-order valence-electron chi connectivity index (χ1n) is 6.52. The van der Waals surface area contributed by atoms with Gasteiger partial charge in [-0.05, 0) is 12.1 Å². The van der Waals surface area contributed by atoms with Crippen molar-refractivity contribution >= 4 is 17.3 Å². The molecule has 22 heavy (non-hydrogen) atoms. The largest absolute Gasteiger partial charge is 0.492 e. The van der Waals surface area contributed by atoms with E-state index in [1.165, 1.54) is 18.3 Å². The molecular weight excluding hydrogens is 310 g/mol. The molecule has 1 N–H and O–H groups in total. The first-order chi connectivity index (χ1) is 10.6. The minimum absolute atomic E-state index is 0.118. The molecule has 1 aromatic heterocycles. The molecule has 1 heterocycles. The number of ether oxygens (including phenoxy) is 1. The van der Waals surface area contributed by atoms with Gasteiger partial charge in [0.05, 0.1) is 28.8 Å². The summed E-state index contributed by atoms with van der Waals surface area (Å²) in [6, 6.07) is 9.53. The summed E-state index contributed by atoms with van der Waals surface area (Å²) >= 11 is 5.95. The number of hydrogen-bond donors (Lipinski definition) is 1. The lowest BCUT2D eigenvalue weighted by molar-refractivity contribution is -0.385. The van der Waals surface area contributed by atoms with Crippen LogP contribution in [0.2, 0.25) is 5.02 Å². The van der Waals surface area contributed by atoms with Gasteiger partial charge < -0.3 is 9.94 Å². The average molecular weight is 324 g/mol. The quantitative estimate of drug-likeness (QED) is 0.383. The molecule has 0 saturated carbocycles. The third-order valence-corrected chi connectivity index (χ3v) is 3.09.